The first-order valence-electron chi connectivity index (χ1n) is 9.81. The Hall–Kier alpha value is -2.12. The third kappa shape index (κ3) is 4.31. The summed E-state index contributed by atoms with van der Waals surface area (Å²) in [7, 11) is 1.87. The largest absolute Gasteiger partial charge is 0.338 e. The minimum absolute atomic E-state index is 0.258. The number of carbonyl (C=O) groups excluding carboxylic acids is 1. The van der Waals surface area contributed by atoms with Gasteiger partial charge in [0, 0.05) is 37.5 Å². The molecule has 0 radical (unpaired) electrons. The van der Waals surface area contributed by atoms with E-state index in [9.17, 15) is 4.79 Å². The van der Waals surface area contributed by atoms with Crippen LogP contribution >= 0.6 is 11.8 Å². The van der Waals surface area contributed by atoms with Crippen molar-refractivity contribution in [3.05, 3.63) is 42.2 Å². The molecule has 1 fully saturated rings. The highest BCUT2D eigenvalue weighted by Crippen LogP contribution is 2.25. The van der Waals surface area contributed by atoms with Gasteiger partial charge in [0.05, 0.1) is 6.54 Å². The molecule has 1 aromatic carbocycles. The van der Waals surface area contributed by atoms with Gasteiger partial charge in [-0.3, -0.25) is 14.4 Å². The van der Waals surface area contributed by atoms with Gasteiger partial charge < -0.3 is 4.90 Å². The number of hydrogen-bond donors (Lipinski definition) is 0. The Morgan fingerprint density at radius 3 is 2.61 bits per heavy atom. The minimum atomic E-state index is 0.258. The van der Waals surface area contributed by atoms with E-state index >= 15 is 0 Å². The van der Waals surface area contributed by atoms with Crippen molar-refractivity contribution in [3.63, 3.8) is 0 Å². The fourth-order valence-corrected chi connectivity index (χ4v) is 4.59. The van der Waals surface area contributed by atoms with E-state index in [-0.39, 0.29) is 5.91 Å². The molecule has 2 aromatic rings. The molecule has 0 saturated carbocycles. The topological polar surface area (TPSA) is 54.3 Å². The Morgan fingerprint density at radius 1 is 1.21 bits per heavy atom. The molecule has 1 amide bonds. The van der Waals surface area contributed by atoms with Gasteiger partial charge in [-0.05, 0) is 36.8 Å². The highest BCUT2D eigenvalue weighted by Gasteiger charge is 2.26. The number of rotatable bonds is 5. The monoisotopic (exact) mass is 397 g/mol. The molecule has 2 aliphatic rings. The molecule has 4 rings (SSSR count). The normalized spacial score (nSPS) is 20.4. The molecule has 7 heteroatoms. The second-order valence-corrected chi connectivity index (χ2v) is 8.66. The van der Waals surface area contributed by atoms with Crippen LogP contribution in [0.2, 0.25) is 0 Å². The number of hydrogen-bond acceptors (Lipinski definition) is 5. The van der Waals surface area contributed by atoms with E-state index in [0.717, 1.165) is 37.4 Å². The lowest BCUT2D eigenvalue weighted by Gasteiger charge is -2.28. The Kier molecular flexibility index (Phi) is 5.82. The average molecular weight is 398 g/mol. The third-order valence-corrected chi connectivity index (χ3v) is 6.65. The molecular weight excluding hydrogens is 370 g/mol. The molecule has 1 unspecified atom stereocenters. The molecule has 0 N–H and O–H groups in total. The summed E-state index contributed by atoms with van der Waals surface area (Å²) in [6.07, 6.45) is 8.17. The van der Waals surface area contributed by atoms with Gasteiger partial charge in [-0.25, -0.2) is 4.98 Å². The van der Waals surface area contributed by atoms with Crippen LogP contribution in [-0.2, 0) is 11.8 Å². The molecule has 6 nitrogen and oxygen atoms in total. The predicted molar refractivity (Wildman–Crippen MR) is 114 cm³/mol. The first-order chi connectivity index (χ1) is 13.6. The van der Waals surface area contributed by atoms with Crippen LogP contribution in [-0.4, -0.2) is 74.7 Å². The van der Waals surface area contributed by atoms with Crippen molar-refractivity contribution in [2.75, 3.05) is 39.0 Å². The van der Waals surface area contributed by atoms with E-state index < -0.39 is 0 Å². The smallest absolute Gasteiger partial charge is 0.237 e. The average Bonchev–Trinajstić information content (AvgIpc) is 3.37. The molecule has 3 heterocycles. The van der Waals surface area contributed by atoms with Crippen molar-refractivity contribution in [1.29, 1.82) is 0 Å². The van der Waals surface area contributed by atoms with Crippen molar-refractivity contribution >= 4 is 23.2 Å². The molecule has 0 bridgehead atoms. The molecule has 0 aliphatic carbocycles. The van der Waals surface area contributed by atoms with Crippen LogP contribution in [0.1, 0.15) is 18.4 Å². The van der Waals surface area contributed by atoms with E-state index in [1.54, 1.807) is 11.0 Å². The summed E-state index contributed by atoms with van der Waals surface area (Å²) in [4.78, 5) is 21.2. The van der Waals surface area contributed by atoms with Crippen LogP contribution in [0.15, 0.2) is 36.7 Å². The van der Waals surface area contributed by atoms with Crippen molar-refractivity contribution in [3.8, 4) is 11.4 Å². The SMILES string of the molecule is CSC1CCN(CC(=O)N2CC=C(c3ccc(-c4ncn(C)n4)cc3)CC2)C1. The van der Waals surface area contributed by atoms with E-state index in [1.165, 1.54) is 17.6 Å². The first-order valence-corrected chi connectivity index (χ1v) is 11.1. The lowest BCUT2D eigenvalue weighted by Crippen LogP contribution is -2.41. The lowest BCUT2D eigenvalue weighted by atomic mass is 9.98. The summed E-state index contributed by atoms with van der Waals surface area (Å²) in [5, 5.41) is 5.03. The molecule has 2 aliphatic heterocycles. The van der Waals surface area contributed by atoms with Gasteiger partial charge in [0.2, 0.25) is 5.91 Å². The minimum Gasteiger partial charge on any atom is -0.338 e. The number of thioether (sulfide) groups is 1. The van der Waals surface area contributed by atoms with Crippen LogP contribution < -0.4 is 0 Å². The van der Waals surface area contributed by atoms with Gasteiger partial charge in [0.25, 0.3) is 0 Å². The molecule has 1 atom stereocenters. The van der Waals surface area contributed by atoms with E-state index in [4.69, 9.17) is 0 Å². The van der Waals surface area contributed by atoms with Crippen LogP contribution in [0.3, 0.4) is 0 Å². The Bertz CT molecular complexity index is 860. The summed E-state index contributed by atoms with van der Waals surface area (Å²) in [6.45, 7) is 4.15. The Balaban J connectivity index is 1.34. The zero-order valence-electron chi connectivity index (χ0n) is 16.5. The van der Waals surface area contributed by atoms with Gasteiger partial charge >= 0.3 is 0 Å². The lowest BCUT2D eigenvalue weighted by molar-refractivity contribution is -0.131. The van der Waals surface area contributed by atoms with E-state index in [1.807, 2.05) is 23.7 Å². The van der Waals surface area contributed by atoms with Crippen LogP contribution in [0.4, 0.5) is 0 Å². The fourth-order valence-electron chi connectivity index (χ4n) is 3.89. The van der Waals surface area contributed by atoms with Crippen molar-refractivity contribution < 1.29 is 4.79 Å². The molecule has 28 heavy (non-hydrogen) atoms. The van der Waals surface area contributed by atoms with E-state index in [0.29, 0.717) is 18.3 Å². The fraction of sp³-hybridized carbons (Fsp3) is 0.476. The van der Waals surface area contributed by atoms with Gasteiger partial charge in [0.15, 0.2) is 5.82 Å². The van der Waals surface area contributed by atoms with Gasteiger partial charge in [-0.15, -0.1) is 0 Å². The Morgan fingerprint density at radius 2 is 2.00 bits per heavy atom. The predicted octanol–water partition coefficient (Wildman–Crippen LogP) is 2.54. The quantitative estimate of drug-likeness (QED) is 0.776. The van der Waals surface area contributed by atoms with Gasteiger partial charge in [-0.1, -0.05) is 30.3 Å². The van der Waals surface area contributed by atoms with Gasteiger partial charge in [-0.2, -0.15) is 16.9 Å². The molecule has 1 saturated heterocycles. The van der Waals surface area contributed by atoms with Crippen molar-refractivity contribution in [2.24, 2.45) is 7.05 Å². The van der Waals surface area contributed by atoms with Crippen LogP contribution in [0.5, 0.6) is 0 Å². The summed E-state index contributed by atoms with van der Waals surface area (Å²) < 4.78 is 1.71. The first kappa shape index (κ1) is 19.2. The van der Waals surface area contributed by atoms with Crippen molar-refractivity contribution in [2.45, 2.75) is 18.1 Å². The van der Waals surface area contributed by atoms with Crippen LogP contribution in [0, 0.1) is 0 Å². The highest BCUT2D eigenvalue weighted by atomic mass is 32.2. The van der Waals surface area contributed by atoms with Gasteiger partial charge in [0.1, 0.15) is 6.33 Å². The van der Waals surface area contributed by atoms with Crippen LogP contribution in [0.25, 0.3) is 17.0 Å². The molecule has 0 spiro atoms. The number of benzene rings is 1. The third-order valence-electron chi connectivity index (χ3n) is 5.60. The number of nitrogens with zero attached hydrogens (tertiary/aromatic N) is 5. The second-order valence-electron chi connectivity index (χ2n) is 7.52. The summed E-state index contributed by atoms with van der Waals surface area (Å²) in [6, 6.07) is 8.39. The number of carbonyl (C=O) groups is 1. The molecular formula is C21H27N5OS. The molecule has 1 aromatic heterocycles. The highest BCUT2D eigenvalue weighted by molar-refractivity contribution is 7.99. The summed E-state index contributed by atoms with van der Waals surface area (Å²) >= 11 is 1.91. The summed E-state index contributed by atoms with van der Waals surface area (Å²) in [5.74, 6) is 1.00. The number of aryl methyl sites for hydroxylation is 1. The number of likely N-dealkylation sites (tertiary alicyclic amines) is 1. The number of aromatic nitrogens is 3. The molecule has 148 valence electrons. The zero-order chi connectivity index (χ0) is 19.5. The number of amides is 1. The zero-order valence-corrected chi connectivity index (χ0v) is 17.4. The summed E-state index contributed by atoms with van der Waals surface area (Å²) in [5.41, 5.74) is 3.55. The standard InChI is InChI=1S/C21H27N5OS/c1-24-15-22-21(23-24)18-5-3-16(4-6-18)17-7-11-26(12-8-17)20(27)14-25-10-9-19(13-25)28-2/h3-7,15,19H,8-14H2,1-2H3. The Labute approximate surface area is 170 Å². The maximum Gasteiger partial charge on any atom is 0.237 e. The van der Waals surface area contributed by atoms with Crippen molar-refractivity contribution in [1.82, 2.24) is 24.6 Å². The maximum atomic E-state index is 12.6. The maximum absolute atomic E-state index is 12.6. The second kappa shape index (κ2) is 8.49. The van der Waals surface area contributed by atoms with E-state index in [2.05, 4.69) is 51.6 Å².